The Labute approximate surface area is 113 Å². The lowest BCUT2D eigenvalue weighted by atomic mass is 9.79. The van der Waals surface area contributed by atoms with Crippen molar-refractivity contribution in [2.75, 3.05) is 11.9 Å². The SMILES string of the molecule is Cc1cnc(Cl)nc1NCC1(O)CCCC(C)C1. The molecular formula is C13H20ClN3O. The highest BCUT2D eigenvalue weighted by molar-refractivity contribution is 6.28. The van der Waals surface area contributed by atoms with E-state index in [2.05, 4.69) is 22.2 Å². The van der Waals surface area contributed by atoms with Crippen molar-refractivity contribution in [2.45, 2.75) is 45.1 Å². The number of rotatable bonds is 3. The van der Waals surface area contributed by atoms with E-state index in [9.17, 15) is 5.11 Å². The maximum atomic E-state index is 10.5. The van der Waals surface area contributed by atoms with Crippen molar-refractivity contribution in [1.82, 2.24) is 9.97 Å². The van der Waals surface area contributed by atoms with Crippen molar-refractivity contribution in [3.63, 3.8) is 0 Å². The zero-order valence-corrected chi connectivity index (χ0v) is 11.7. The summed E-state index contributed by atoms with van der Waals surface area (Å²) in [6.07, 6.45) is 5.68. The highest BCUT2D eigenvalue weighted by atomic mass is 35.5. The first-order valence-electron chi connectivity index (χ1n) is 6.44. The molecule has 4 nitrogen and oxygen atoms in total. The lowest BCUT2D eigenvalue weighted by Crippen LogP contribution is -2.41. The van der Waals surface area contributed by atoms with Crippen LogP contribution < -0.4 is 5.32 Å². The molecule has 0 spiro atoms. The normalized spacial score (nSPS) is 28.1. The van der Waals surface area contributed by atoms with Crippen LogP contribution in [0.15, 0.2) is 6.20 Å². The Morgan fingerprint density at radius 1 is 1.61 bits per heavy atom. The van der Waals surface area contributed by atoms with Crippen LogP contribution in [-0.2, 0) is 0 Å². The Morgan fingerprint density at radius 2 is 2.39 bits per heavy atom. The van der Waals surface area contributed by atoms with E-state index in [1.807, 2.05) is 6.92 Å². The first-order chi connectivity index (χ1) is 8.48. The monoisotopic (exact) mass is 269 g/mol. The number of anilines is 1. The van der Waals surface area contributed by atoms with Crippen molar-refractivity contribution in [2.24, 2.45) is 5.92 Å². The van der Waals surface area contributed by atoms with Gasteiger partial charge in [0.25, 0.3) is 0 Å². The molecule has 1 fully saturated rings. The average Bonchev–Trinajstić information content (AvgIpc) is 2.30. The molecule has 1 saturated carbocycles. The van der Waals surface area contributed by atoms with Gasteiger partial charge in [0.15, 0.2) is 0 Å². The lowest BCUT2D eigenvalue weighted by molar-refractivity contribution is -0.000835. The molecule has 0 saturated heterocycles. The van der Waals surface area contributed by atoms with Crippen LogP contribution in [0.5, 0.6) is 0 Å². The fourth-order valence-electron chi connectivity index (χ4n) is 2.64. The minimum Gasteiger partial charge on any atom is -0.388 e. The molecule has 100 valence electrons. The second-order valence-electron chi connectivity index (χ2n) is 5.45. The molecule has 0 bridgehead atoms. The topological polar surface area (TPSA) is 58.0 Å². The van der Waals surface area contributed by atoms with Crippen molar-refractivity contribution in [3.05, 3.63) is 17.0 Å². The first-order valence-corrected chi connectivity index (χ1v) is 6.82. The molecule has 2 N–H and O–H groups in total. The predicted molar refractivity (Wildman–Crippen MR) is 72.9 cm³/mol. The Balaban J connectivity index is 2.00. The van der Waals surface area contributed by atoms with Crippen molar-refractivity contribution in [3.8, 4) is 0 Å². The molecular weight excluding hydrogens is 250 g/mol. The molecule has 1 aromatic heterocycles. The quantitative estimate of drug-likeness (QED) is 0.829. The summed E-state index contributed by atoms with van der Waals surface area (Å²) in [5, 5.41) is 14.0. The molecule has 1 aromatic rings. The van der Waals surface area contributed by atoms with Crippen LogP contribution in [0, 0.1) is 12.8 Å². The molecule has 0 aromatic carbocycles. The fourth-order valence-corrected chi connectivity index (χ4v) is 2.77. The Bertz CT molecular complexity index is 427. The van der Waals surface area contributed by atoms with E-state index in [1.165, 1.54) is 6.42 Å². The van der Waals surface area contributed by atoms with Gasteiger partial charge < -0.3 is 10.4 Å². The maximum Gasteiger partial charge on any atom is 0.224 e. The Morgan fingerprint density at radius 3 is 3.11 bits per heavy atom. The van der Waals surface area contributed by atoms with E-state index >= 15 is 0 Å². The van der Waals surface area contributed by atoms with Crippen LogP contribution in [0.2, 0.25) is 5.28 Å². The van der Waals surface area contributed by atoms with Gasteiger partial charge >= 0.3 is 0 Å². The van der Waals surface area contributed by atoms with E-state index in [4.69, 9.17) is 11.6 Å². The highest BCUT2D eigenvalue weighted by Crippen LogP contribution is 2.32. The van der Waals surface area contributed by atoms with Crippen molar-refractivity contribution in [1.29, 1.82) is 0 Å². The average molecular weight is 270 g/mol. The fraction of sp³-hybridized carbons (Fsp3) is 0.692. The van der Waals surface area contributed by atoms with Crippen LogP contribution in [0.4, 0.5) is 5.82 Å². The van der Waals surface area contributed by atoms with Crippen LogP contribution in [0.25, 0.3) is 0 Å². The molecule has 0 aliphatic heterocycles. The molecule has 1 heterocycles. The second kappa shape index (κ2) is 5.41. The van der Waals surface area contributed by atoms with Gasteiger partial charge in [0, 0.05) is 18.3 Å². The summed E-state index contributed by atoms with van der Waals surface area (Å²) in [7, 11) is 0. The number of nitrogens with zero attached hydrogens (tertiary/aromatic N) is 2. The summed E-state index contributed by atoms with van der Waals surface area (Å²) in [6.45, 7) is 4.63. The van der Waals surface area contributed by atoms with Gasteiger partial charge in [0.2, 0.25) is 5.28 Å². The standard InChI is InChI=1S/C13H20ClN3O/c1-9-4-3-5-13(18,6-9)8-16-11-10(2)7-15-12(14)17-11/h7,9,18H,3-6,8H2,1-2H3,(H,15,16,17). The Kier molecular flexibility index (Phi) is 4.07. The molecule has 2 rings (SSSR count). The molecule has 0 radical (unpaired) electrons. The third-order valence-electron chi connectivity index (χ3n) is 3.59. The summed E-state index contributed by atoms with van der Waals surface area (Å²) in [6, 6.07) is 0. The van der Waals surface area contributed by atoms with Crippen molar-refractivity contribution >= 4 is 17.4 Å². The van der Waals surface area contributed by atoms with E-state index in [0.29, 0.717) is 18.3 Å². The third kappa shape index (κ3) is 3.33. The number of aryl methyl sites for hydroxylation is 1. The highest BCUT2D eigenvalue weighted by Gasteiger charge is 2.32. The van der Waals surface area contributed by atoms with Gasteiger partial charge in [0.1, 0.15) is 5.82 Å². The first kappa shape index (κ1) is 13.6. The van der Waals surface area contributed by atoms with Gasteiger partial charge in [-0.3, -0.25) is 0 Å². The van der Waals surface area contributed by atoms with E-state index in [-0.39, 0.29) is 5.28 Å². The molecule has 1 aliphatic rings. The molecule has 0 amide bonds. The van der Waals surface area contributed by atoms with E-state index in [1.54, 1.807) is 6.20 Å². The summed E-state index contributed by atoms with van der Waals surface area (Å²) in [5.74, 6) is 1.29. The number of nitrogens with one attached hydrogen (secondary N) is 1. The molecule has 2 atom stereocenters. The van der Waals surface area contributed by atoms with Gasteiger partial charge in [-0.15, -0.1) is 0 Å². The molecule has 2 unspecified atom stereocenters. The Hall–Kier alpha value is -0.870. The molecule has 18 heavy (non-hydrogen) atoms. The summed E-state index contributed by atoms with van der Waals surface area (Å²) < 4.78 is 0. The number of aliphatic hydroxyl groups is 1. The number of hydrogen-bond acceptors (Lipinski definition) is 4. The van der Waals surface area contributed by atoms with Gasteiger partial charge in [-0.1, -0.05) is 19.8 Å². The zero-order valence-electron chi connectivity index (χ0n) is 10.9. The molecule has 5 heteroatoms. The van der Waals surface area contributed by atoms with E-state index < -0.39 is 5.60 Å². The van der Waals surface area contributed by atoms with Crippen LogP contribution in [-0.4, -0.2) is 27.2 Å². The predicted octanol–water partition coefficient (Wildman–Crippen LogP) is 2.79. The number of halogens is 1. The minimum absolute atomic E-state index is 0.229. The smallest absolute Gasteiger partial charge is 0.224 e. The number of hydrogen-bond donors (Lipinski definition) is 2. The number of aromatic nitrogens is 2. The second-order valence-corrected chi connectivity index (χ2v) is 5.79. The van der Waals surface area contributed by atoms with Crippen molar-refractivity contribution < 1.29 is 5.11 Å². The maximum absolute atomic E-state index is 10.5. The van der Waals surface area contributed by atoms with Gasteiger partial charge in [-0.05, 0) is 37.3 Å². The third-order valence-corrected chi connectivity index (χ3v) is 3.78. The minimum atomic E-state index is -0.623. The van der Waals surface area contributed by atoms with E-state index in [0.717, 1.165) is 24.8 Å². The van der Waals surface area contributed by atoms with Crippen LogP contribution in [0.3, 0.4) is 0 Å². The van der Waals surface area contributed by atoms with Crippen LogP contribution >= 0.6 is 11.6 Å². The summed E-state index contributed by atoms with van der Waals surface area (Å²) in [5.41, 5.74) is 0.313. The summed E-state index contributed by atoms with van der Waals surface area (Å²) >= 11 is 5.77. The summed E-state index contributed by atoms with van der Waals surface area (Å²) in [4.78, 5) is 8.05. The van der Waals surface area contributed by atoms with Gasteiger partial charge in [-0.25, -0.2) is 9.97 Å². The largest absolute Gasteiger partial charge is 0.388 e. The lowest BCUT2D eigenvalue weighted by Gasteiger charge is -2.35. The molecule has 1 aliphatic carbocycles. The van der Waals surface area contributed by atoms with Crippen LogP contribution in [0.1, 0.15) is 38.2 Å². The van der Waals surface area contributed by atoms with Gasteiger partial charge in [-0.2, -0.15) is 0 Å². The zero-order chi connectivity index (χ0) is 13.2. The van der Waals surface area contributed by atoms with Gasteiger partial charge in [0.05, 0.1) is 5.60 Å².